The predicted molar refractivity (Wildman–Crippen MR) is 82.6 cm³/mol. The Kier molecular flexibility index (Phi) is 6.34. The highest BCUT2D eigenvalue weighted by atomic mass is 28.2. The second-order valence-corrected chi connectivity index (χ2v) is 8.40. The molecule has 2 heteroatoms. The molecule has 1 nitrogen and oxygen atoms in total. The van der Waals surface area contributed by atoms with Crippen molar-refractivity contribution in [2.24, 2.45) is 5.92 Å². The molecule has 1 rings (SSSR count). The third-order valence-corrected chi connectivity index (χ3v) is 5.75. The van der Waals surface area contributed by atoms with E-state index >= 15 is 0 Å². The highest BCUT2D eigenvalue weighted by molar-refractivity contribution is 6.76. The highest BCUT2D eigenvalue weighted by Crippen LogP contribution is 2.40. The van der Waals surface area contributed by atoms with Crippen LogP contribution in [0, 0.1) is 5.92 Å². The van der Waals surface area contributed by atoms with Gasteiger partial charge in [-0.1, -0.05) is 44.2 Å². The van der Waals surface area contributed by atoms with E-state index in [2.05, 4.69) is 44.7 Å². The molecule has 0 amide bonds. The monoisotopic (exact) mass is 262 g/mol. The zero-order valence-corrected chi connectivity index (χ0v) is 13.2. The Hall–Kier alpha value is -0.893. The zero-order valence-electron chi connectivity index (χ0n) is 11.8. The van der Waals surface area contributed by atoms with Crippen molar-refractivity contribution in [3.63, 3.8) is 0 Å². The van der Waals surface area contributed by atoms with Crippen LogP contribution >= 0.6 is 0 Å². The van der Waals surface area contributed by atoms with Crippen LogP contribution in [0.3, 0.4) is 0 Å². The Bertz CT molecular complexity index is 341. The molecule has 0 aromatic rings. The summed E-state index contributed by atoms with van der Waals surface area (Å²) in [5.41, 5.74) is 0. The van der Waals surface area contributed by atoms with E-state index in [9.17, 15) is 4.79 Å². The van der Waals surface area contributed by atoms with Gasteiger partial charge < -0.3 is 4.79 Å². The molecule has 0 saturated carbocycles. The van der Waals surface area contributed by atoms with Gasteiger partial charge >= 0.3 is 0 Å². The molecule has 1 aliphatic rings. The summed E-state index contributed by atoms with van der Waals surface area (Å²) in [7, 11) is -0.699. The van der Waals surface area contributed by atoms with Crippen LogP contribution in [0.4, 0.5) is 0 Å². The minimum absolute atomic E-state index is 0.212. The van der Waals surface area contributed by atoms with E-state index in [1.165, 1.54) is 0 Å². The average molecular weight is 262 g/mol. The molecule has 18 heavy (non-hydrogen) atoms. The summed E-state index contributed by atoms with van der Waals surface area (Å²) < 4.78 is 0. The summed E-state index contributed by atoms with van der Waals surface area (Å²) >= 11 is 0. The summed E-state index contributed by atoms with van der Waals surface area (Å²) in [6.07, 6.45) is 16.0. The lowest BCUT2D eigenvalue weighted by Gasteiger charge is -2.30. The number of carbonyl (C=O) groups is 1. The molecule has 1 atom stereocenters. The van der Waals surface area contributed by atoms with Gasteiger partial charge in [-0.3, -0.25) is 0 Å². The number of rotatable bonds is 8. The Morgan fingerprint density at radius 3 is 2.83 bits per heavy atom. The van der Waals surface area contributed by atoms with Crippen molar-refractivity contribution in [2.75, 3.05) is 0 Å². The number of unbranched alkanes of at least 4 members (excludes halogenated alkanes) is 1. The van der Waals surface area contributed by atoms with Crippen LogP contribution in [0.1, 0.15) is 46.0 Å². The molecule has 0 aliphatic heterocycles. The van der Waals surface area contributed by atoms with Gasteiger partial charge in [0.1, 0.15) is 14.9 Å². The maximum Gasteiger partial charge on any atom is 0.111 e. The van der Waals surface area contributed by atoms with Crippen LogP contribution in [0.25, 0.3) is 0 Å². The van der Waals surface area contributed by atoms with Gasteiger partial charge in [-0.15, -0.1) is 6.58 Å². The second-order valence-electron chi connectivity index (χ2n) is 5.85. The molecule has 0 aromatic heterocycles. The quantitative estimate of drug-likeness (QED) is 0.370. The Morgan fingerprint density at radius 2 is 2.28 bits per heavy atom. The molecule has 0 fully saturated rings. The third kappa shape index (κ3) is 5.17. The van der Waals surface area contributed by atoms with E-state index in [0.717, 1.165) is 32.1 Å². The van der Waals surface area contributed by atoms with Crippen molar-refractivity contribution >= 4 is 14.9 Å². The van der Waals surface area contributed by atoms with Crippen LogP contribution in [-0.2, 0) is 4.79 Å². The smallest absolute Gasteiger partial charge is 0.111 e. The first kappa shape index (κ1) is 15.2. The molecule has 100 valence electrons. The first-order chi connectivity index (χ1) is 8.58. The van der Waals surface area contributed by atoms with Crippen molar-refractivity contribution < 1.29 is 4.79 Å². The zero-order chi connectivity index (χ0) is 13.4. The normalized spacial score (nSPS) is 23.1. The average Bonchev–Trinajstić information content (AvgIpc) is 2.29. The molecular weight excluding hydrogens is 236 g/mol. The van der Waals surface area contributed by atoms with Gasteiger partial charge in [-0.25, -0.2) is 0 Å². The molecule has 1 aliphatic carbocycles. The van der Waals surface area contributed by atoms with Crippen LogP contribution < -0.4 is 0 Å². The maximum absolute atomic E-state index is 12.1. The van der Waals surface area contributed by atoms with Crippen molar-refractivity contribution in [1.29, 1.82) is 0 Å². The number of carbonyl (C=O) groups excluding carboxylic acids is 1. The molecule has 0 aromatic carbocycles. The third-order valence-electron chi connectivity index (χ3n) is 3.49. The minimum Gasteiger partial charge on any atom is -0.306 e. The van der Waals surface area contributed by atoms with E-state index in [1.54, 1.807) is 0 Å². The van der Waals surface area contributed by atoms with Crippen LogP contribution in [0.2, 0.25) is 5.04 Å². The van der Waals surface area contributed by atoms with Gasteiger partial charge in [0, 0.05) is 6.42 Å². The lowest BCUT2D eigenvalue weighted by molar-refractivity contribution is -0.112. The van der Waals surface area contributed by atoms with E-state index in [1.807, 2.05) is 6.08 Å². The summed E-state index contributed by atoms with van der Waals surface area (Å²) in [5.74, 6) is 0.498. The Balaban J connectivity index is 2.60. The van der Waals surface area contributed by atoms with E-state index in [-0.39, 0.29) is 5.04 Å². The number of allylic oxidation sites excluding steroid dienone is 5. The van der Waals surface area contributed by atoms with Gasteiger partial charge in [0.2, 0.25) is 0 Å². The van der Waals surface area contributed by atoms with Gasteiger partial charge in [0.15, 0.2) is 0 Å². The summed E-state index contributed by atoms with van der Waals surface area (Å²) in [6, 6.07) is 0. The highest BCUT2D eigenvalue weighted by Gasteiger charge is 2.30. The summed E-state index contributed by atoms with van der Waals surface area (Å²) in [5, 5.41) is 0.757. The largest absolute Gasteiger partial charge is 0.306 e. The molecular formula is C16H26OSi. The van der Waals surface area contributed by atoms with E-state index < -0.39 is 9.52 Å². The second kappa shape index (κ2) is 7.52. The Labute approximate surface area is 114 Å². The van der Waals surface area contributed by atoms with Crippen molar-refractivity contribution in [1.82, 2.24) is 0 Å². The molecule has 0 heterocycles. The standard InChI is InChI=1S/C16H26OSi/c1-4-5-7-10-16(11-8-6-9-12-16)18-15(17)13-14(2)3/h4,6,8-9,11,14H,1,5,7,10,12-13,18H2,2-3H3. The van der Waals surface area contributed by atoms with Gasteiger partial charge in [-0.05, 0) is 36.6 Å². The lowest BCUT2D eigenvalue weighted by Crippen LogP contribution is -2.27. The lowest BCUT2D eigenvalue weighted by atomic mass is 9.93. The van der Waals surface area contributed by atoms with Crippen molar-refractivity contribution in [3.05, 3.63) is 37.0 Å². The minimum atomic E-state index is -0.699. The van der Waals surface area contributed by atoms with Gasteiger partial charge in [0.25, 0.3) is 0 Å². The molecule has 1 unspecified atom stereocenters. The number of hydrogen-bond acceptors (Lipinski definition) is 1. The van der Waals surface area contributed by atoms with Crippen molar-refractivity contribution in [2.45, 2.75) is 51.0 Å². The van der Waals surface area contributed by atoms with Crippen molar-refractivity contribution in [3.8, 4) is 0 Å². The SMILES string of the molecule is C=CCCCC1([SiH2]C(=O)CC(C)C)C=CC=CC1. The summed E-state index contributed by atoms with van der Waals surface area (Å²) in [6.45, 7) is 8.04. The first-order valence-corrected chi connectivity index (χ1v) is 8.46. The van der Waals surface area contributed by atoms with Gasteiger partial charge in [0.05, 0.1) is 0 Å². The maximum atomic E-state index is 12.1. The fourth-order valence-electron chi connectivity index (χ4n) is 2.63. The first-order valence-electron chi connectivity index (χ1n) is 7.05. The Morgan fingerprint density at radius 1 is 1.50 bits per heavy atom. The van der Waals surface area contributed by atoms with Crippen LogP contribution in [0.5, 0.6) is 0 Å². The predicted octanol–water partition coefficient (Wildman–Crippen LogP) is 3.76. The topological polar surface area (TPSA) is 17.1 Å². The summed E-state index contributed by atoms with van der Waals surface area (Å²) in [4.78, 5) is 12.1. The van der Waals surface area contributed by atoms with E-state index in [0.29, 0.717) is 11.3 Å². The molecule has 0 bridgehead atoms. The number of hydrogen-bond donors (Lipinski definition) is 0. The molecule has 0 spiro atoms. The van der Waals surface area contributed by atoms with Gasteiger partial charge in [-0.2, -0.15) is 0 Å². The van der Waals surface area contributed by atoms with Crippen LogP contribution in [0.15, 0.2) is 37.0 Å². The molecule has 0 saturated heterocycles. The molecule has 0 N–H and O–H groups in total. The van der Waals surface area contributed by atoms with E-state index in [4.69, 9.17) is 0 Å². The molecule has 0 radical (unpaired) electrons. The van der Waals surface area contributed by atoms with Crippen LogP contribution in [-0.4, -0.2) is 14.9 Å². The fraction of sp³-hybridized carbons (Fsp3) is 0.562. The fourth-order valence-corrected chi connectivity index (χ4v) is 5.13.